The largest absolute Gasteiger partial charge is 0.491 e. The standard InChI is InChI=1S/C32H36FN7O3/c1-21-15-27(33)34-16-25(21)38-12-10-32(11-13-38)19-39(30(42)36-32)18-26(41)28-35-29-22(2)14-24(17-40(29)37-28)43-20-31(8-9-31)23-6-4-3-5-7-23/h3-7,14-17,26,41H,8-13,18-20H2,1-2H3,(H,36,42). The number of rotatable bonds is 8. The van der Waals surface area contributed by atoms with Crippen LogP contribution in [0.15, 0.2) is 54.9 Å². The molecule has 1 saturated carbocycles. The maximum Gasteiger partial charge on any atom is 0.318 e. The van der Waals surface area contributed by atoms with E-state index in [0.29, 0.717) is 24.5 Å². The average Bonchev–Trinajstić information content (AvgIpc) is 3.56. The Morgan fingerprint density at radius 3 is 2.58 bits per heavy atom. The van der Waals surface area contributed by atoms with Gasteiger partial charge < -0.3 is 25.0 Å². The van der Waals surface area contributed by atoms with E-state index in [2.05, 4.69) is 49.5 Å². The molecule has 2 saturated heterocycles. The number of benzene rings is 1. The maximum absolute atomic E-state index is 13.5. The molecule has 0 radical (unpaired) electrons. The van der Waals surface area contributed by atoms with Crippen molar-refractivity contribution in [1.29, 1.82) is 0 Å². The topological polar surface area (TPSA) is 108 Å². The first-order valence-corrected chi connectivity index (χ1v) is 14.9. The molecular formula is C32H36FN7O3. The molecule has 43 heavy (non-hydrogen) atoms. The molecule has 10 nitrogen and oxygen atoms in total. The van der Waals surface area contributed by atoms with Crippen LogP contribution in [0.3, 0.4) is 0 Å². The highest BCUT2D eigenvalue weighted by atomic mass is 19.1. The number of halogens is 1. The molecular weight excluding hydrogens is 549 g/mol. The Morgan fingerprint density at radius 1 is 1.09 bits per heavy atom. The summed E-state index contributed by atoms with van der Waals surface area (Å²) in [6, 6.07) is 13.7. The summed E-state index contributed by atoms with van der Waals surface area (Å²) in [7, 11) is 0. The molecule has 3 aromatic heterocycles. The Kier molecular flexibility index (Phi) is 6.72. The molecule has 4 aromatic rings. The monoisotopic (exact) mass is 585 g/mol. The summed E-state index contributed by atoms with van der Waals surface area (Å²) in [4.78, 5) is 25.2. The van der Waals surface area contributed by atoms with Crippen molar-refractivity contribution in [1.82, 2.24) is 29.8 Å². The number of urea groups is 1. The van der Waals surface area contributed by atoms with Crippen LogP contribution in [0, 0.1) is 19.8 Å². The molecule has 1 atom stereocenters. The van der Waals surface area contributed by atoms with Crippen molar-refractivity contribution in [3.8, 4) is 5.75 Å². The number of nitrogens with zero attached hydrogens (tertiary/aromatic N) is 6. The molecule has 2 amide bonds. The number of carbonyl (C=O) groups excluding carboxylic acids is 1. The van der Waals surface area contributed by atoms with Gasteiger partial charge in [0.1, 0.15) is 11.9 Å². The normalized spacial score (nSPS) is 19.6. The Bertz CT molecular complexity index is 1660. The van der Waals surface area contributed by atoms with E-state index < -0.39 is 12.1 Å². The Labute approximate surface area is 249 Å². The second-order valence-corrected chi connectivity index (χ2v) is 12.4. The molecule has 7 rings (SSSR count). The quantitative estimate of drug-likeness (QED) is 0.300. The van der Waals surface area contributed by atoms with Crippen LogP contribution in [0.1, 0.15) is 54.3 Å². The first-order valence-electron chi connectivity index (χ1n) is 14.9. The van der Waals surface area contributed by atoms with E-state index in [1.165, 1.54) is 11.6 Å². The van der Waals surface area contributed by atoms with Gasteiger partial charge in [-0.1, -0.05) is 30.3 Å². The van der Waals surface area contributed by atoms with E-state index in [4.69, 9.17) is 4.74 Å². The van der Waals surface area contributed by atoms with Gasteiger partial charge in [0.15, 0.2) is 11.5 Å². The number of amides is 2. The summed E-state index contributed by atoms with van der Waals surface area (Å²) in [6.07, 6.45) is 6.03. The van der Waals surface area contributed by atoms with Gasteiger partial charge in [0, 0.05) is 25.0 Å². The van der Waals surface area contributed by atoms with E-state index >= 15 is 0 Å². The minimum absolute atomic E-state index is 0.0647. The van der Waals surface area contributed by atoms with Gasteiger partial charge in [-0.2, -0.15) is 4.39 Å². The first-order chi connectivity index (χ1) is 20.7. The predicted octanol–water partition coefficient (Wildman–Crippen LogP) is 4.09. The summed E-state index contributed by atoms with van der Waals surface area (Å²) in [5.41, 5.74) is 4.29. The van der Waals surface area contributed by atoms with Gasteiger partial charge in [0.2, 0.25) is 5.95 Å². The van der Waals surface area contributed by atoms with Crippen molar-refractivity contribution < 1.29 is 19.0 Å². The molecule has 1 spiro atoms. The lowest BCUT2D eigenvalue weighted by molar-refractivity contribution is 0.121. The van der Waals surface area contributed by atoms with Crippen LogP contribution < -0.4 is 15.0 Å². The van der Waals surface area contributed by atoms with Crippen molar-refractivity contribution >= 4 is 17.4 Å². The van der Waals surface area contributed by atoms with Gasteiger partial charge in [-0.15, -0.1) is 5.10 Å². The van der Waals surface area contributed by atoms with Gasteiger partial charge in [-0.05, 0) is 68.4 Å². The number of ether oxygens (including phenoxy) is 1. The minimum Gasteiger partial charge on any atom is -0.491 e. The molecule has 1 unspecified atom stereocenters. The van der Waals surface area contributed by atoms with Crippen LogP contribution >= 0.6 is 0 Å². The van der Waals surface area contributed by atoms with Crippen molar-refractivity contribution in [3.05, 3.63) is 83.3 Å². The molecule has 11 heteroatoms. The fourth-order valence-corrected chi connectivity index (χ4v) is 6.56. The van der Waals surface area contributed by atoms with Crippen molar-refractivity contribution in [2.24, 2.45) is 0 Å². The fourth-order valence-electron chi connectivity index (χ4n) is 6.56. The van der Waals surface area contributed by atoms with Gasteiger partial charge in [-0.25, -0.2) is 19.3 Å². The summed E-state index contributed by atoms with van der Waals surface area (Å²) >= 11 is 0. The number of piperidine rings is 1. The molecule has 2 N–H and O–H groups in total. The number of aliphatic hydroxyl groups excluding tert-OH is 1. The number of hydrogen-bond acceptors (Lipinski definition) is 7. The zero-order valence-electron chi connectivity index (χ0n) is 24.5. The van der Waals surface area contributed by atoms with Gasteiger partial charge in [0.05, 0.1) is 36.8 Å². The SMILES string of the molecule is Cc1cc(F)ncc1N1CCC2(CC1)CN(CC(O)c1nc3c(C)cc(OCC4(c5ccccc5)CC4)cn3n1)C(=O)N2. The van der Waals surface area contributed by atoms with Crippen LogP contribution in [0.25, 0.3) is 5.65 Å². The Balaban J connectivity index is 0.990. The molecule has 3 fully saturated rings. The van der Waals surface area contributed by atoms with Crippen molar-refractivity contribution in [3.63, 3.8) is 0 Å². The highest BCUT2D eigenvalue weighted by molar-refractivity contribution is 5.78. The van der Waals surface area contributed by atoms with E-state index in [1.54, 1.807) is 21.8 Å². The molecule has 2 aliphatic heterocycles. The maximum atomic E-state index is 13.5. The summed E-state index contributed by atoms with van der Waals surface area (Å²) in [5, 5.41) is 18.8. The predicted molar refractivity (Wildman–Crippen MR) is 159 cm³/mol. The number of fused-ring (bicyclic) bond motifs is 1. The third-order valence-corrected chi connectivity index (χ3v) is 9.32. The minimum atomic E-state index is -1.04. The molecule has 1 aliphatic carbocycles. The van der Waals surface area contributed by atoms with Crippen molar-refractivity contribution in [2.75, 3.05) is 37.7 Å². The highest BCUT2D eigenvalue weighted by Crippen LogP contribution is 2.48. The Hall–Kier alpha value is -4.25. The first kappa shape index (κ1) is 27.6. The van der Waals surface area contributed by atoms with Crippen LogP contribution in [-0.4, -0.2) is 73.9 Å². The molecule has 0 bridgehead atoms. The number of anilines is 1. The highest BCUT2D eigenvalue weighted by Gasteiger charge is 2.46. The summed E-state index contributed by atoms with van der Waals surface area (Å²) in [5.74, 6) is 0.490. The van der Waals surface area contributed by atoms with E-state index in [9.17, 15) is 14.3 Å². The van der Waals surface area contributed by atoms with Crippen molar-refractivity contribution in [2.45, 2.75) is 56.6 Å². The van der Waals surface area contributed by atoms with Gasteiger partial charge in [0.25, 0.3) is 0 Å². The third kappa shape index (κ3) is 5.26. The lowest BCUT2D eigenvalue weighted by Crippen LogP contribution is -2.52. The van der Waals surface area contributed by atoms with Gasteiger partial charge >= 0.3 is 6.03 Å². The molecule has 3 aliphatic rings. The number of β-amino-alcohol motifs (C(OH)–C–C–N with tert-alkyl or cyclic N) is 1. The van der Waals surface area contributed by atoms with E-state index in [0.717, 1.165) is 55.6 Å². The zero-order valence-corrected chi connectivity index (χ0v) is 24.5. The number of carbonyl (C=O) groups is 1. The van der Waals surface area contributed by atoms with Crippen LogP contribution in [-0.2, 0) is 5.41 Å². The zero-order chi connectivity index (χ0) is 29.8. The lowest BCUT2D eigenvalue weighted by atomic mass is 9.88. The van der Waals surface area contributed by atoms with Gasteiger partial charge in [-0.3, -0.25) is 0 Å². The van der Waals surface area contributed by atoms with Crippen LogP contribution in [0.5, 0.6) is 5.75 Å². The van der Waals surface area contributed by atoms with Crippen LogP contribution in [0.2, 0.25) is 0 Å². The molecule has 1 aromatic carbocycles. The number of hydrogen-bond donors (Lipinski definition) is 2. The average molecular weight is 586 g/mol. The van der Waals surface area contributed by atoms with Crippen LogP contribution in [0.4, 0.5) is 14.9 Å². The number of aromatic nitrogens is 4. The fraction of sp³-hybridized carbons (Fsp3) is 0.438. The number of pyridine rings is 2. The second kappa shape index (κ2) is 10.5. The third-order valence-electron chi connectivity index (χ3n) is 9.32. The molecule has 5 heterocycles. The summed E-state index contributed by atoms with van der Waals surface area (Å²) in [6.45, 7) is 6.44. The van der Waals surface area contributed by atoms with E-state index in [1.807, 2.05) is 26.0 Å². The number of nitrogens with one attached hydrogen (secondary N) is 1. The number of aryl methyl sites for hydroxylation is 2. The van der Waals surface area contributed by atoms with E-state index in [-0.39, 0.29) is 29.4 Å². The summed E-state index contributed by atoms with van der Waals surface area (Å²) < 4.78 is 21.4. The lowest BCUT2D eigenvalue weighted by Gasteiger charge is -2.40. The molecule has 224 valence electrons. The second-order valence-electron chi connectivity index (χ2n) is 12.4. The Morgan fingerprint density at radius 2 is 1.86 bits per heavy atom. The smallest absolute Gasteiger partial charge is 0.318 e. The number of aliphatic hydroxyl groups is 1.